The van der Waals surface area contributed by atoms with Crippen LogP contribution in [0.15, 0.2) is 0 Å². The van der Waals surface area contributed by atoms with Gasteiger partial charge in [-0.25, -0.2) is 9.97 Å². The predicted molar refractivity (Wildman–Crippen MR) is 90.1 cm³/mol. The van der Waals surface area contributed by atoms with Crippen LogP contribution in [-0.2, 0) is 0 Å². The van der Waals surface area contributed by atoms with Crippen LogP contribution in [0.2, 0.25) is 0 Å². The molecule has 0 aliphatic heterocycles. The molecule has 1 fully saturated rings. The van der Waals surface area contributed by atoms with Crippen LogP contribution < -0.4 is 10.6 Å². The minimum atomic E-state index is 0.176. The van der Waals surface area contributed by atoms with E-state index in [-0.39, 0.29) is 5.54 Å². The molecule has 2 rings (SSSR count). The number of nitrogens with zero attached hydrogens (tertiary/aromatic N) is 2. The molecule has 21 heavy (non-hydrogen) atoms. The SMILES string of the molecule is CCNc1nc(C(C)C)nc(NC2(C)CCCCC2)c1C. The first-order chi connectivity index (χ1) is 9.95. The smallest absolute Gasteiger partial charge is 0.135 e. The van der Waals surface area contributed by atoms with Gasteiger partial charge < -0.3 is 10.6 Å². The van der Waals surface area contributed by atoms with Gasteiger partial charge in [-0.1, -0.05) is 33.1 Å². The summed E-state index contributed by atoms with van der Waals surface area (Å²) in [7, 11) is 0. The second kappa shape index (κ2) is 6.63. The van der Waals surface area contributed by atoms with E-state index in [9.17, 15) is 0 Å². The third-order valence-electron chi connectivity index (χ3n) is 4.40. The van der Waals surface area contributed by atoms with Crippen LogP contribution in [0.5, 0.6) is 0 Å². The topological polar surface area (TPSA) is 49.8 Å². The van der Waals surface area contributed by atoms with E-state index in [1.54, 1.807) is 0 Å². The zero-order chi connectivity index (χ0) is 15.5. The van der Waals surface area contributed by atoms with Crippen molar-refractivity contribution in [3.63, 3.8) is 0 Å². The molecule has 1 aliphatic carbocycles. The minimum absolute atomic E-state index is 0.176. The van der Waals surface area contributed by atoms with Crippen LogP contribution in [0, 0.1) is 6.92 Å². The van der Waals surface area contributed by atoms with Crippen LogP contribution in [-0.4, -0.2) is 22.1 Å². The molecule has 0 aromatic carbocycles. The largest absolute Gasteiger partial charge is 0.370 e. The van der Waals surface area contributed by atoms with E-state index < -0.39 is 0 Å². The Kier molecular flexibility index (Phi) is 5.07. The molecule has 1 heterocycles. The van der Waals surface area contributed by atoms with Gasteiger partial charge >= 0.3 is 0 Å². The summed E-state index contributed by atoms with van der Waals surface area (Å²) >= 11 is 0. The van der Waals surface area contributed by atoms with Crippen molar-refractivity contribution in [2.45, 2.75) is 78.2 Å². The highest BCUT2D eigenvalue weighted by Crippen LogP contribution is 2.33. The fourth-order valence-electron chi connectivity index (χ4n) is 3.00. The van der Waals surface area contributed by atoms with Crippen LogP contribution in [0.3, 0.4) is 0 Å². The molecular formula is C17H30N4. The average molecular weight is 290 g/mol. The van der Waals surface area contributed by atoms with Crippen molar-refractivity contribution in [1.29, 1.82) is 0 Å². The molecule has 0 bridgehead atoms. The summed E-state index contributed by atoms with van der Waals surface area (Å²) in [5.41, 5.74) is 1.31. The van der Waals surface area contributed by atoms with Crippen LogP contribution >= 0.6 is 0 Å². The molecule has 4 heteroatoms. The van der Waals surface area contributed by atoms with E-state index in [0.717, 1.165) is 29.6 Å². The van der Waals surface area contributed by atoms with E-state index >= 15 is 0 Å². The Hall–Kier alpha value is -1.32. The van der Waals surface area contributed by atoms with E-state index in [0.29, 0.717) is 5.92 Å². The molecule has 1 aromatic heterocycles. The highest BCUT2D eigenvalue weighted by atomic mass is 15.1. The maximum absolute atomic E-state index is 4.79. The monoisotopic (exact) mass is 290 g/mol. The summed E-state index contributed by atoms with van der Waals surface area (Å²) in [6, 6.07) is 0. The molecule has 0 saturated heterocycles. The lowest BCUT2D eigenvalue weighted by Crippen LogP contribution is -2.37. The van der Waals surface area contributed by atoms with Gasteiger partial charge in [0, 0.05) is 23.6 Å². The van der Waals surface area contributed by atoms with Gasteiger partial charge in [0.15, 0.2) is 0 Å². The molecule has 4 nitrogen and oxygen atoms in total. The van der Waals surface area contributed by atoms with Gasteiger partial charge in [0.1, 0.15) is 17.5 Å². The Bertz CT molecular complexity index is 476. The standard InChI is InChI=1S/C17H30N4/c1-6-18-15-13(4)16(20-14(19-15)12(2)3)21-17(5)10-8-7-9-11-17/h12H,6-11H2,1-5H3,(H2,18,19,20,21). The van der Waals surface area contributed by atoms with Crippen molar-refractivity contribution in [1.82, 2.24) is 9.97 Å². The predicted octanol–water partition coefficient (Wildman–Crippen LogP) is 4.47. The Morgan fingerprint density at radius 2 is 1.71 bits per heavy atom. The lowest BCUT2D eigenvalue weighted by Gasteiger charge is -2.35. The average Bonchev–Trinajstić information content (AvgIpc) is 2.43. The van der Waals surface area contributed by atoms with Crippen molar-refractivity contribution in [2.75, 3.05) is 17.2 Å². The molecular weight excluding hydrogens is 260 g/mol. The highest BCUT2D eigenvalue weighted by molar-refractivity contribution is 5.58. The fourth-order valence-corrected chi connectivity index (χ4v) is 3.00. The van der Waals surface area contributed by atoms with E-state index in [1.165, 1.54) is 32.1 Å². The van der Waals surface area contributed by atoms with Crippen molar-refractivity contribution in [3.8, 4) is 0 Å². The number of nitrogens with one attached hydrogen (secondary N) is 2. The number of hydrogen-bond acceptors (Lipinski definition) is 4. The Morgan fingerprint density at radius 3 is 2.29 bits per heavy atom. The zero-order valence-corrected chi connectivity index (χ0v) is 14.2. The lowest BCUT2D eigenvalue weighted by molar-refractivity contribution is 0.348. The normalized spacial score (nSPS) is 17.8. The molecule has 1 aromatic rings. The van der Waals surface area contributed by atoms with E-state index in [1.807, 2.05) is 0 Å². The summed E-state index contributed by atoms with van der Waals surface area (Å²) < 4.78 is 0. The van der Waals surface area contributed by atoms with Crippen LogP contribution in [0.25, 0.3) is 0 Å². The lowest BCUT2D eigenvalue weighted by atomic mass is 9.83. The molecule has 118 valence electrons. The van der Waals surface area contributed by atoms with Crippen molar-refractivity contribution < 1.29 is 0 Å². The summed E-state index contributed by atoms with van der Waals surface area (Å²) in [6.45, 7) is 11.7. The fraction of sp³-hybridized carbons (Fsp3) is 0.765. The summed E-state index contributed by atoms with van der Waals surface area (Å²) in [5.74, 6) is 3.23. The number of hydrogen-bond donors (Lipinski definition) is 2. The number of aromatic nitrogens is 2. The molecule has 1 aliphatic rings. The van der Waals surface area contributed by atoms with Crippen molar-refractivity contribution in [3.05, 3.63) is 11.4 Å². The first-order valence-corrected chi connectivity index (χ1v) is 8.36. The van der Waals surface area contributed by atoms with Gasteiger partial charge in [0.05, 0.1) is 0 Å². The van der Waals surface area contributed by atoms with Gasteiger partial charge in [-0.3, -0.25) is 0 Å². The maximum Gasteiger partial charge on any atom is 0.135 e. The molecule has 0 unspecified atom stereocenters. The van der Waals surface area contributed by atoms with E-state index in [2.05, 4.69) is 50.2 Å². The molecule has 0 spiro atoms. The molecule has 0 atom stereocenters. The summed E-state index contributed by atoms with van der Waals surface area (Å²) in [5, 5.41) is 7.10. The van der Waals surface area contributed by atoms with Crippen molar-refractivity contribution in [2.24, 2.45) is 0 Å². The second-order valence-corrected chi connectivity index (χ2v) is 6.84. The third-order valence-corrected chi connectivity index (χ3v) is 4.40. The van der Waals surface area contributed by atoms with E-state index in [4.69, 9.17) is 4.98 Å². The second-order valence-electron chi connectivity index (χ2n) is 6.84. The first kappa shape index (κ1) is 16.1. The quantitative estimate of drug-likeness (QED) is 0.839. The van der Waals surface area contributed by atoms with Gasteiger partial charge in [-0.2, -0.15) is 0 Å². The maximum atomic E-state index is 4.79. The minimum Gasteiger partial charge on any atom is -0.370 e. The zero-order valence-electron chi connectivity index (χ0n) is 14.2. The van der Waals surface area contributed by atoms with Crippen LogP contribution in [0.1, 0.15) is 77.1 Å². The summed E-state index contributed by atoms with van der Waals surface area (Å²) in [4.78, 5) is 9.47. The van der Waals surface area contributed by atoms with Gasteiger partial charge in [0.2, 0.25) is 0 Å². The van der Waals surface area contributed by atoms with Gasteiger partial charge in [0.25, 0.3) is 0 Å². The van der Waals surface area contributed by atoms with Gasteiger partial charge in [-0.15, -0.1) is 0 Å². The van der Waals surface area contributed by atoms with Crippen molar-refractivity contribution >= 4 is 11.6 Å². The number of anilines is 2. The Balaban J connectivity index is 2.32. The Labute approximate surface area is 129 Å². The third kappa shape index (κ3) is 3.86. The Morgan fingerprint density at radius 1 is 1.10 bits per heavy atom. The van der Waals surface area contributed by atoms with Crippen LogP contribution in [0.4, 0.5) is 11.6 Å². The highest BCUT2D eigenvalue weighted by Gasteiger charge is 2.28. The molecule has 1 saturated carbocycles. The first-order valence-electron chi connectivity index (χ1n) is 8.36. The van der Waals surface area contributed by atoms with Gasteiger partial charge in [-0.05, 0) is 33.6 Å². The molecule has 2 N–H and O–H groups in total. The summed E-state index contributed by atoms with van der Waals surface area (Å²) in [6.07, 6.45) is 6.43. The molecule has 0 amide bonds. The number of rotatable bonds is 5. The molecule has 0 radical (unpaired) electrons.